The average molecular weight is 606 g/mol. The highest BCUT2D eigenvalue weighted by molar-refractivity contribution is 6.36. The fourth-order valence-corrected chi connectivity index (χ4v) is 5.88. The van der Waals surface area contributed by atoms with E-state index in [1.54, 1.807) is 18.2 Å². The third-order valence-electron chi connectivity index (χ3n) is 7.68. The van der Waals surface area contributed by atoms with Gasteiger partial charge in [0, 0.05) is 72.1 Å². The van der Waals surface area contributed by atoms with E-state index in [1.807, 2.05) is 24.5 Å². The molecule has 4 heterocycles. The number of fused-ring (bicyclic) bond motifs is 1. The van der Waals surface area contributed by atoms with Crippen molar-refractivity contribution >= 4 is 46.4 Å². The molecule has 2 N–H and O–H groups in total. The number of carbonyl (C=O) groups is 2. The van der Waals surface area contributed by atoms with E-state index in [-0.39, 0.29) is 18.3 Å². The van der Waals surface area contributed by atoms with Gasteiger partial charge in [-0.1, -0.05) is 41.4 Å². The molecule has 1 saturated heterocycles. The zero-order valence-corrected chi connectivity index (χ0v) is 24.4. The summed E-state index contributed by atoms with van der Waals surface area (Å²) in [5.74, 6) is -0.803. The summed E-state index contributed by atoms with van der Waals surface area (Å²) in [4.78, 5) is 39.1. The van der Waals surface area contributed by atoms with Crippen LogP contribution in [0.5, 0.6) is 0 Å². The molecule has 2 aromatic carbocycles. The highest BCUT2D eigenvalue weighted by Crippen LogP contribution is 2.26. The molecule has 0 spiro atoms. The minimum atomic E-state index is -0.709. The van der Waals surface area contributed by atoms with E-state index < -0.39 is 11.9 Å². The van der Waals surface area contributed by atoms with E-state index >= 15 is 0 Å². The Bertz CT molecular complexity index is 1570. The SMILES string of the molecule is O=C(NC1CCc2ccc(CN3CCN(c4ccncc4)CC3)cc2NC1=O)c1ncn(Cc2c(Cl)cccc2Cl)n1. The van der Waals surface area contributed by atoms with Crippen LogP contribution in [0.15, 0.2) is 67.3 Å². The Morgan fingerprint density at radius 1 is 1.00 bits per heavy atom. The summed E-state index contributed by atoms with van der Waals surface area (Å²) in [6, 6.07) is 14.9. The van der Waals surface area contributed by atoms with Crippen molar-refractivity contribution in [1.82, 2.24) is 30.0 Å². The Labute approximate surface area is 253 Å². The van der Waals surface area contributed by atoms with Crippen LogP contribution in [0.3, 0.4) is 0 Å². The van der Waals surface area contributed by atoms with E-state index in [0.717, 1.165) is 49.5 Å². The van der Waals surface area contributed by atoms with Crippen molar-refractivity contribution in [3.8, 4) is 0 Å². The average Bonchev–Trinajstić information content (AvgIpc) is 3.41. The first-order valence-corrected chi connectivity index (χ1v) is 14.6. The van der Waals surface area contributed by atoms with E-state index in [1.165, 1.54) is 16.7 Å². The highest BCUT2D eigenvalue weighted by atomic mass is 35.5. The van der Waals surface area contributed by atoms with Crippen molar-refractivity contribution in [3.05, 3.63) is 99.8 Å². The van der Waals surface area contributed by atoms with Crippen LogP contribution in [0.1, 0.15) is 33.7 Å². The van der Waals surface area contributed by atoms with E-state index in [0.29, 0.717) is 28.5 Å². The van der Waals surface area contributed by atoms with E-state index in [2.05, 4.69) is 53.7 Å². The molecule has 4 aromatic rings. The number of nitrogens with one attached hydrogen (secondary N) is 2. The normalized spacial score (nSPS) is 17.3. The van der Waals surface area contributed by atoms with Crippen LogP contribution in [0, 0.1) is 0 Å². The fraction of sp³-hybridized carbons (Fsp3) is 0.300. The van der Waals surface area contributed by atoms with Gasteiger partial charge in [-0.2, -0.15) is 0 Å². The van der Waals surface area contributed by atoms with Gasteiger partial charge < -0.3 is 15.5 Å². The molecule has 2 aromatic heterocycles. The van der Waals surface area contributed by atoms with Gasteiger partial charge in [0.2, 0.25) is 11.7 Å². The number of rotatable bonds is 7. The molecule has 0 bridgehead atoms. The second-order valence-corrected chi connectivity index (χ2v) is 11.3. The Kier molecular flexibility index (Phi) is 8.36. The number of aryl methyl sites for hydroxylation is 1. The number of piperazine rings is 1. The Morgan fingerprint density at radius 2 is 1.76 bits per heavy atom. The van der Waals surface area contributed by atoms with Gasteiger partial charge in [-0.15, -0.1) is 5.10 Å². The van der Waals surface area contributed by atoms with Gasteiger partial charge >= 0.3 is 0 Å². The number of aromatic nitrogens is 4. The standard InChI is InChI=1S/C30H30Cl2N8O2/c31-24-2-1-3-25(32)23(24)18-40-19-34-28(37-40)30(42)35-26-7-6-21-5-4-20(16-27(21)36-29(26)41)17-38-12-14-39(15-13-38)22-8-10-33-11-9-22/h1-5,8-11,16,19,26H,6-7,12-15,17-18H2,(H,35,42)(H,36,41). The largest absolute Gasteiger partial charge is 0.369 e. The van der Waals surface area contributed by atoms with Crippen molar-refractivity contribution in [3.63, 3.8) is 0 Å². The molecule has 0 aliphatic carbocycles. The molecule has 1 atom stereocenters. The maximum atomic E-state index is 13.1. The van der Waals surface area contributed by atoms with Gasteiger partial charge in [-0.25, -0.2) is 9.67 Å². The lowest BCUT2D eigenvalue weighted by Gasteiger charge is -2.36. The van der Waals surface area contributed by atoms with Gasteiger partial charge in [0.1, 0.15) is 12.4 Å². The maximum Gasteiger partial charge on any atom is 0.291 e. The molecule has 12 heteroatoms. The minimum absolute atomic E-state index is 0.0287. The number of hydrogen-bond donors (Lipinski definition) is 2. The predicted octanol–water partition coefficient (Wildman–Crippen LogP) is 4.03. The second-order valence-electron chi connectivity index (χ2n) is 10.5. The minimum Gasteiger partial charge on any atom is -0.369 e. The molecule has 10 nitrogen and oxygen atoms in total. The van der Waals surface area contributed by atoms with Gasteiger partial charge in [-0.3, -0.25) is 19.5 Å². The Hall–Kier alpha value is -3.99. The van der Waals surface area contributed by atoms with Crippen LogP contribution in [-0.4, -0.2) is 68.7 Å². The summed E-state index contributed by atoms with van der Waals surface area (Å²) in [6.07, 6.45) is 6.21. The number of carbonyl (C=O) groups excluding carboxylic acids is 2. The summed E-state index contributed by atoms with van der Waals surface area (Å²) in [5.41, 5.74) is 4.87. The van der Waals surface area contributed by atoms with Crippen molar-refractivity contribution in [1.29, 1.82) is 0 Å². The van der Waals surface area contributed by atoms with E-state index in [4.69, 9.17) is 23.2 Å². The number of benzene rings is 2. The zero-order chi connectivity index (χ0) is 29.1. The number of amides is 2. The predicted molar refractivity (Wildman–Crippen MR) is 162 cm³/mol. The molecule has 216 valence electrons. The van der Waals surface area contributed by atoms with Crippen LogP contribution in [-0.2, 0) is 24.3 Å². The summed E-state index contributed by atoms with van der Waals surface area (Å²) in [7, 11) is 0. The monoisotopic (exact) mass is 604 g/mol. The molecular weight excluding hydrogens is 575 g/mol. The lowest BCUT2D eigenvalue weighted by Crippen LogP contribution is -2.46. The van der Waals surface area contributed by atoms with Crippen LogP contribution in [0.25, 0.3) is 0 Å². The second kappa shape index (κ2) is 12.5. The van der Waals surface area contributed by atoms with Crippen LogP contribution < -0.4 is 15.5 Å². The number of anilines is 2. The maximum absolute atomic E-state index is 13.1. The first-order valence-electron chi connectivity index (χ1n) is 13.9. The summed E-state index contributed by atoms with van der Waals surface area (Å²) >= 11 is 12.5. The smallest absolute Gasteiger partial charge is 0.291 e. The highest BCUT2D eigenvalue weighted by Gasteiger charge is 2.27. The summed E-state index contributed by atoms with van der Waals surface area (Å²) in [5, 5.41) is 11.1. The molecule has 0 radical (unpaired) electrons. The van der Waals surface area contributed by atoms with Gasteiger partial charge in [0.05, 0.1) is 6.54 Å². The van der Waals surface area contributed by atoms with Crippen molar-refractivity contribution in [2.24, 2.45) is 0 Å². The van der Waals surface area contributed by atoms with Crippen molar-refractivity contribution in [2.45, 2.75) is 32.0 Å². The van der Waals surface area contributed by atoms with Gasteiger partial charge in [-0.05, 0) is 54.3 Å². The summed E-state index contributed by atoms with van der Waals surface area (Å²) in [6.45, 7) is 4.88. The molecule has 2 amide bonds. The number of pyridine rings is 1. The van der Waals surface area contributed by atoms with Gasteiger partial charge in [0.25, 0.3) is 5.91 Å². The molecule has 2 aliphatic heterocycles. The van der Waals surface area contributed by atoms with Crippen molar-refractivity contribution in [2.75, 3.05) is 36.4 Å². The molecule has 42 heavy (non-hydrogen) atoms. The molecule has 1 fully saturated rings. The zero-order valence-electron chi connectivity index (χ0n) is 22.8. The topological polar surface area (TPSA) is 108 Å². The van der Waals surface area contributed by atoms with Crippen molar-refractivity contribution < 1.29 is 9.59 Å². The molecule has 2 aliphatic rings. The number of halogens is 2. The lowest BCUT2D eigenvalue weighted by atomic mass is 10.0. The van der Waals surface area contributed by atoms with E-state index in [9.17, 15) is 9.59 Å². The molecule has 0 saturated carbocycles. The number of hydrogen-bond acceptors (Lipinski definition) is 7. The Morgan fingerprint density at radius 3 is 2.52 bits per heavy atom. The quantitative estimate of drug-likeness (QED) is 0.328. The van der Waals surface area contributed by atoms with Crippen LogP contribution >= 0.6 is 23.2 Å². The van der Waals surface area contributed by atoms with Gasteiger partial charge in [0.15, 0.2) is 0 Å². The molecular formula is C30H30Cl2N8O2. The lowest BCUT2D eigenvalue weighted by molar-refractivity contribution is -0.118. The first-order chi connectivity index (χ1) is 20.4. The van der Waals surface area contributed by atoms with Crippen LogP contribution in [0.2, 0.25) is 10.0 Å². The third-order valence-corrected chi connectivity index (χ3v) is 8.39. The molecule has 6 rings (SSSR count). The third kappa shape index (κ3) is 6.41. The summed E-state index contributed by atoms with van der Waals surface area (Å²) < 4.78 is 1.49. The van der Waals surface area contributed by atoms with Crippen LogP contribution in [0.4, 0.5) is 11.4 Å². The Balaban J connectivity index is 1.04. The number of nitrogens with zero attached hydrogens (tertiary/aromatic N) is 6. The fourth-order valence-electron chi connectivity index (χ4n) is 5.37. The first kappa shape index (κ1) is 28.1. The molecule has 1 unspecified atom stereocenters.